The van der Waals surface area contributed by atoms with Crippen LogP contribution in [-0.4, -0.2) is 45.8 Å². The van der Waals surface area contributed by atoms with Crippen LogP contribution in [-0.2, 0) is 10.0 Å². The molecule has 27 heavy (non-hydrogen) atoms. The van der Waals surface area contributed by atoms with E-state index in [4.69, 9.17) is 0 Å². The van der Waals surface area contributed by atoms with Crippen LogP contribution in [0, 0.1) is 12.7 Å². The maximum atomic E-state index is 13.6. The van der Waals surface area contributed by atoms with E-state index in [0.717, 1.165) is 41.9 Å². The van der Waals surface area contributed by atoms with Gasteiger partial charge < -0.3 is 0 Å². The standard InChI is InChI=1S/C15H13F4N5O2S/c1-9-20-21-12-7-8-13(22-24(9)12)27(25,26)23(2)14(15(17,18)19)10-3-5-11(16)6-4-10/h3-8,14H,1-2H3. The van der Waals surface area contributed by atoms with Crippen LogP contribution in [0.1, 0.15) is 17.4 Å². The Morgan fingerprint density at radius 2 is 1.70 bits per heavy atom. The van der Waals surface area contributed by atoms with Crippen LogP contribution in [0.25, 0.3) is 5.65 Å². The minimum Gasteiger partial charge on any atom is -0.207 e. The molecule has 3 aromatic rings. The van der Waals surface area contributed by atoms with Gasteiger partial charge in [-0.15, -0.1) is 10.2 Å². The topological polar surface area (TPSA) is 80.5 Å². The summed E-state index contributed by atoms with van der Waals surface area (Å²) >= 11 is 0. The third kappa shape index (κ3) is 3.49. The van der Waals surface area contributed by atoms with Crippen molar-refractivity contribution in [3.8, 4) is 0 Å². The number of nitrogens with zero attached hydrogens (tertiary/aromatic N) is 5. The van der Waals surface area contributed by atoms with E-state index >= 15 is 0 Å². The highest BCUT2D eigenvalue weighted by atomic mass is 32.2. The molecule has 3 rings (SSSR count). The van der Waals surface area contributed by atoms with Crippen LogP contribution < -0.4 is 0 Å². The Morgan fingerprint density at radius 1 is 1.07 bits per heavy atom. The van der Waals surface area contributed by atoms with E-state index in [9.17, 15) is 26.0 Å². The molecule has 0 aliphatic carbocycles. The lowest BCUT2D eigenvalue weighted by atomic mass is 10.1. The third-order valence-electron chi connectivity index (χ3n) is 3.90. The van der Waals surface area contributed by atoms with Crippen molar-refractivity contribution in [2.75, 3.05) is 7.05 Å². The average Bonchev–Trinajstić information content (AvgIpc) is 2.96. The van der Waals surface area contributed by atoms with E-state index in [1.165, 1.54) is 13.0 Å². The SMILES string of the molecule is Cc1nnc2ccc(S(=O)(=O)N(C)C(c3ccc(F)cc3)C(F)(F)F)nn12. The van der Waals surface area contributed by atoms with Gasteiger partial charge in [0.05, 0.1) is 0 Å². The molecule has 1 aromatic carbocycles. The van der Waals surface area contributed by atoms with Crippen LogP contribution in [0.15, 0.2) is 41.4 Å². The maximum absolute atomic E-state index is 13.6. The van der Waals surface area contributed by atoms with E-state index < -0.39 is 38.6 Å². The van der Waals surface area contributed by atoms with Crippen molar-refractivity contribution in [3.63, 3.8) is 0 Å². The van der Waals surface area contributed by atoms with Gasteiger partial charge in [0.1, 0.15) is 11.9 Å². The Balaban J connectivity index is 2.09. The predicted molar refractivity (Wildman–Crippen MR) is 85.7 cm³/mol. The highest BCUT2D eigenvalue weighted by molar-refractivity contribution is 7.89. The van der Waals surface area contributed by atoms with Gasteiger partial charge >= 0.3 is 6.18 Å². The van der Waals surface area contributed by atoms with Gasteiger partial charge in [-0.05, 0) is 36.8 Å². The highest BCUT2D eigenvalue weighted by Gasteiger charge is 2.48. The molecule has 0 amide bonds. The molecule has 12 heteroatoms. The number of hydrogen-bond donors (Lipinski definition) is 0. The maximum Gasteiger partial charge on any atom is 0.409 e. The molecule has 0 fully saturated rings. The van der Waals surface area contributed by atoms with Crippen LogP contribution in [0.2, 0.25) is 0 Å². The van der Waals surface area contributed by atoms with Gasteiger partial charge in [0.25, 0.3) is 10.0 Å². The number of halogens is 4. The summed E-state index contributed by atoms with van der Waals surface area (Å²) in [5, 5.41) is 10.7. The molecule has 1 atom stereocenters. The number of rotatable bonds is 4. The lowest BCUT2D eigenvalue weighted by molar-refractivity contribution is -0.171. The Kier molecular flexibility index (Phi) is 4.64. The Hall–Kier alpha value is -2.60. The zero-order chi connectivity index (χ0) is 20.0. The Labute approximate surface area is 151 Å². The van der Waals surface area contributed by atoms with Gasteiger partial charge in [0.2, 0.25) is 0 Å². The average molecular weight is 403 g/mol. The van der Waals surface area contributed by atoms with Crippen molar-refractivity contribution in [3.05, 3.63) is 53.6 Å². The van der Waals surface area contributed by atoms with Crippen molar-refractivity contribution >= 4 is 15.7 Å². The first-order valence-electron chi connectivity index (χ1n) is 7.51. The molecule has 2 aromatic heterocycles. The first kappa shape index (κ1) is 19.2. The molecule has 7 nitrogen and oxygen atoms in total. The summed E-state index contributed by atoms with van der Waals surface area (Å²) in [5.41, 5.74) is -0.170. The molecule has 144 valence electrons. The van der Waals surface area contributed by atoms with Crippen LogP contribution in [0.5, 0.6) is 0 Å². The summed E-state index contributed by atoms with van der Waals surface area (Å²) in [6, 6.07) is 3.27. The molecule has 0 aliphatic heterocycles. The largest absolute Gasteiger partial charge is 0.409 e. The molecule has 0 N–H and O–H groups in total. The molecule has 0 bridgehead atoms. The second-order valence-electron chi connectivity index (χ2n) is 5.71. The second-order valence-corrected chi connectivity index (χ2v) is 7.65. The molecular formula is C15H13F4N5O2S. The summed E-state index contributed by atoms with van der Waals surface area (Å²) in [6.07, 6.45) is -4.93. The number of fused-ring (bicyclic) bond motifs is 1. The van der Waals surface area contributed by atoms with E-state index in [0.29, 0.717) is 0 Å². The Morgan fingerprint density at radius 3 is 2.30 bits per heavy atom. The minimum atomic E-state index is -4.93. The van der Waals surface area contributed by atoms with E-state index in [1.54, 1.807) is 0 Å². The number of alkyl halides is 3. The summed E-state index contributed by atoms with van der Waals surface area (Å²) in [7, 11) is -3.84. The molecule has 2 heterocycles. The summed E-state index contributed by atoms with van der Waals surface area (Å²) in [4.78, 5) is 0. The number of aromatic nitrogens is 4. The van der Waals surface area contributed by atoms with Gasteiger partial charge in [-0.1, -0.05) is 12.1 Å². The van der Waals surface area contributed by atoms with Crippen molar-refractivity contribution in [2.24, 2.45) is 0 Å². The quantitative estimate of drug-likeness (QED) is 0.626. The first-order chi connectivity index (χ1) is 12.5. The van der Waals surface area contributed by atoms with Crippen molar-refractivity contribution in [1.82, 2.24) is 24.1 Å². The van der Waals surface area contributed by atoms with E-state index in [-0.39, 0.29) is 15.8 Å². The molecule has 0 aliphatic rings. The number of benzene rings is 1. The fraction of sp³-hybridized carbons (Fsp3) is 0.267. The molecule has 0 saturated heterocycles. The summed E-state index contributed by atoms with van der Waals surface area (Å²) in [5.74, 6) is -0.462. The molecule has 0 spiro atoms. The van der Waals surface area contributed by atoms with Gasteiger partial charge in [0.15, 0.2) is 16.5 Å². The fourth-order valence-corrected chi connectivity index (χ4v) is 3.79. The predicted octanol–water partition coefficient (Wildman–Crippen LogP) is 2.50. The van der Waals surface area contributed by atoms with Crippen molar-refractivity contribution in [1.29, 1.82) is 0 Å². The normalized spacial score (nSPS) is 14.0. The summed E-state index contributed by atoms with van der Waals surface area (Å²) in [6.45, 7) is 1.52. The van der Waals surface area contributed by atoms with Crippen LogP contribution in [0.4, 0.5) is 17.6 Å². The molecule has 1 unspecified atom stereocenters. The molecule has 0 saturated carbocycles. The third-order valence-corrected chi connectivity index (χ3v) is 5.61. The van der Waals surface area contributed by atoms with Gasteiger partial charge in [0, 0.05) is 7.05 Å². The van der Waals surface area contributed by atoms with Crippen LogP contribution in [0.3, 0.4) is 0 Å². The summed E-state index contributed by atoms with van der Waals surface area (Å²) < 4.78 is 80.8. The zero-order valence-corrected chi connectivity index (χ0v) is 14.8. The first-order valence-corrected chi connectivity index (χ1v) is 8.95. The number of hydrogen-bond acceptors (Lipinski definition) is 5. The molecular weight excluding hydrogens is 390 g/mol. The minimum absolute atomic E-state index is 0.161. The Bertz CT molecular complexity index is 1080. The fourth-order valence-electron chi connectivity index (χ4n) is 2.55. The smallest absolute Gasteiger partial charge is 0.207 e. The van der Waals surface area contributed by atoms with Gasteiger partial charge in [-0.2, -0.15) is 27.1 Å². The zero-order valence-electron chi connectivity index (χ0n) is 14.0. The molecule has 0 radical (unpaired) electrons. The number of aryl methyl sites for hydroxylation is 1. The highest BCUT2D eigenvalue weighted by Crippen LogP contribution is 2.39. The van der Waals surface area contributed by atoms with Gasteiger partial charge in [-0.3, -0.25) is 0 Å². The van der Waals surface area contributed by atoms with E-state index in [1.807, 2.05) is 0 Å². The monoisotopic (exact) mass is 403 g/mol. The second kappa shape index (κ2) is 6.53. The lowest BCUT2D eigenvalue weighted by Gasteiger charge is -2.29. The van der Waals surface area contributed by atoms with Crippen LogP contribution >= 0.6 is 0 Å². The number of sulfonamides is 1. The van der Waals surface area contributed by atoms with Crippen molar-refractivity contribution in [2.45, 2.75) is 24.2 Å². The lowest BCUT2D eigenvalue weighted by Crippen LogP contribution is -2.40. The van der Waals surface area contributed by atoms with Crippen molar-refractivity contribution < 1.29 is 26.0 Å². The van der Waals surface area contributed by atoms with Gasteiger partial charge in [-0.25, -0.2) is 12.8 Å². The van der Waals surface area contributed by atoms with E-state index in [2.05, 4.69) is 15.3 Å².